The van der Waals surface area contributed by atoms with Gasteiger partial charge in [0.25, 0.3) is 0 Å². The number of carbonyl (C=O) groups excluding carboxylic acids is 1. The van der Waals surface area contributed by atoms with Crippen LogP contribution < -0.4 is 16.8 Å². The topological polar surface area (TPSA) is 81.1 Å². The van der Waals surface area contributed by atoms with E-state index in [2.05, 4.69) is 5.32 Å². The fourth-order valence-corrected chi connectivity index (χ4v) is 3.41. The lowest BCUT2D eigenvalue weighted by Gasteiger charge is -2.18. The van der Waals surface area contributed by atoms with Gasteiger partial charge in [-0.1, -0.05) is 30.3 Å². The molecular formula is C16H18FN3OS. The first-order valence-electron chi connectivity index (χ1n) is 7.13. The normalized spacial score (nSPS) is 24.8. The molecule has 1 aromatic carbocycles. The average Bonchev–Trinajstić information content (AvgIpc) is 3.01. The second-order valence-corrected chi connectivity index (χ2v) is 6.70. The minimum atomic E-state index is -0.800. The van der Waals surface area contributed by atoms with Crippen molar-refractivity contribution in [1.29, 1.82) is 0 Å². The van der Waals surface area contributed by atoms with E-state index in [1.165, 1.54) is 17.4 Å². The predicted octanol–water partition coefficient (Wildman–Crippen LogP) is 1.72. The number of amides is 1. The number of nitrogens with two attached hydrogens (primary N) is 2. The van der Waals surface area contributed by atoms with Gasteiger partial charge in [0.1, 0.15) is 5.82 Å². The second-order valence-electron chi connectivity index (χ2n) is 5.70. The zero-order valence-corrected chi connectivity index (χ0v) is 12.8. The molecule has 1 heterocycles. The van der Waals surface area contributed by atoms with E-state index in [0.717, 1.165) is 5.56 Å². The van der Waals surface area contributed by atoms with Crippen molar-refractivity contribution < 1.29 is 9.18 Å². The highest BCUT2D eigenvalue weighted by atomic mass is 32.1. The van der Waals surface area contributed by atoms with E-state index in [4.69, 9.17) is 11.5 Å². The van der Waals surface area contributed by atoms with Crippen LogP contribution in [0.4, 0.5) is 4.39 Å². The molecule has 1 aliphatic carbocycles. The van der Waals surface area contributed by atoms with Crippen molar-refractivity contribution >= 4 is 17.2 Å². The number of hydrogen-bond acceptors (Lipinski definition) is 4. The maximum atomic E-state index is 13.4. The van der Waals surface area contributed by atoms with Gasteiger partial charge in [-0.25, -0.2) is 4.39 Å². The molecule has 22 heavy (non-hydrogen) atoms. The van der Waals surface area contributed by atoms with E-state index in [1.54, 1.807) is 5.38 Å². The lowest BCUT2D eigenvalue weighted by atomic mass is 10.1. The molecule has 0 spiro atoms. The first-order chi connectivity index (χ1) is 10.5. The van der Waals surface area contributed by atoms with Crippen LogP contribution in [0.3, 0.4) is 0 Å². The zero-order chi connectivity index (χ0) is 15.7. The van der Waals surface area contributed by atoms with E-state index < -0.39 is 11.7 Å². The fraction of sp³-hybridized carbons (Fsp3) is 0.312. The summed E-state index contributed by atoms with van der Waals surface area (Å²) in [6.45, 7) is 0. The Bertz CT molecular complexity index is 675. The van der Waals surface area contributed by atoms with E-state index in [0.29, 0.717) is 11.3 Å². The molecule has 5 N–H and O–H groups in total. The number of halogens is 1. The third-order valence-corrected chi connectivity index (χ3v) is 4.91. The summed E-state index contributed by atoms with van der Waals surface area (Å²) >= 11 is 1.26. The Morgan fingerprint density at radius 2 is 2.14 bits per heavy atom. The molecule has 1 unspecified atom stereocenters. The van der Waals surface area contributed by atoms with E-state index in [1.807, 2.05) is 30.3 Å². The molecule has 1 fully saturated rings. The summed E-state index contributed by atoms with van der Waals surface area (Å²) in [7, 11) is 0. The van der Waals surface area contributed by atoms with Gasteiger partial charge < -0.3 is 16.8 Å². The zero-order valence-electron chi connectivity index (χ0n) is 12.0. The van der Waals surface area contributed by atoms with Crippen LogP contribution in [-0.2, 0) is 11.2 Å². The largest absolute Gasteiger partial charge is 0.336 e. The van der Waals surface area contributed by atoms with Crippen molar-refractivity contribution in [1.82, 2.24) is 5.32 Å². The molecule has 6 heteroatoms. The summed E-state index contributed by atoms with van der Waals surface area (Å²) in [5.41, 5.74) is 12.4. The first-order valence-corrected chi connectivity index (χ1v) is 8.01. The Morgan fingerprint density at radius 1 is 1.41 bits per heavy atom. The Labute approximate surface area is 132 Å². The standard InChI is InChI=1S/C16H18FN3OS/c17-12-6-7-22-14(12)8-13(18)15(21)20-16(19)9-11(16)10-4-2-1-3-5-10/h1-7,11,13H,8-9,18-19H2,(H,20,21)/t11?,13-,16+/m0/s1. The number of rotatable bonds is 5. The van der Waals surface area contributed by atoms with Gasteiger partial charge in [0.05, 0.1) is 11.7 Å². The third kappa shape index (κ3) is 3.04. The first kappa shape index (κ1) is 15.1. The molecule has 1 aromatic heterocycles. The molecule has 0 bridgehead atoms. The molecule has 0 saturated heterocycles. The van der Waals surface area contributed by atoms with Crippen molar-refractivity contribution in [2.24, 2.45) is 11.5 Å². The Morgan fingerprint density at radius 3 is 2.77 bits per heavy atom. The second kappa shape index (κ2) is 5.79. The Hall–Kier alpha value is -1.76. The number of benzene rings is 1. The quantitative estimate of drug-likeness (QED) is 0.734. The molecule has 1 amide bonds. The number of thiophene rings is 1. The van der Waals surface area contributed by atoms with E-state index >= 15 is 0 Å². The molecule has 2 aromatic rings. The maximum Gasteiger partial charge on any atom is 0.238 e. The van der Waals surface area contributed by atoms with Gasteiger partial charge in [-0.2, -0.15) is 0 Å². The van der Waals surface area contributed by atoms with Crippen LogP contribution >= 0.6 is 11.3 Å². The van der Waals surface area contributed by atoms with Gasteiger partial charge in [0.2, 0.25) is 5.91 Å². The molecule has 0 aliphatic heterocycles. The molecule has 1 aliphatic rings. The minimum absolute atomic E-state index is 0.100. The van der Waals surface area contributed by atoms with Crippen molar-refractivity contribution in [3.8, 4) is 0 Å². The van der Waals surface area contributed by atoms with Crippen LogP contribution in [0.5, 0.6) is 0 Å². The number of hydrogen-bond donors (Lipinski definition) is 3. The van der Waals surface area contributed by atoms with Crippen LogP contribution in [0.2, 0.25) is 0 Å². The van der Waals surface area contributed by atoms with Gasteiger partial charge >= 0.3 is 0 Å². The highest BCUT2D eigenvalue weighted by molar-refractivity contribution is 7.09. The van der Waals surface area contributed by atoms with Crippen LogP contribution in [-0.4, -0.2) is 17.6 Å². The summed E-state index contributed by atoms with van der Waals surface area (Å²) in [5, 5.41) is 4.45. The smallest absolute Gasteiger partial charge is 0.238 e. The van der Waals surface area contributed by atoms with Gasteiger partial charge in [0.15, 0.2) is 0 Å². The minimum Gasteiger partial charge on any atom is -0.336 e. The van der Waals surface area contributed by atoms with Crippen LogP contribution in [0.15, 0.2) is 41.8 Å². The van der Waals surface area contributed by atoms with Crippen LogP contribution in [0.25, 0.3) is 0 Å². The van der Waals surface area contributed by atoms with Crippen molar-refractivity contribution in [2.45, 2.75) is 30.5 Å². The van der Waals surface area contributed by atoms with Gasteiger partial charge in [-0.05, 0) is 23.4 Å². The molecule has 3 rings (SSSR count). The van der Waals surface area contributed by atoms with E-state index in [-0.39, 0.29) is 24.1 Å². The van der Waals surface area contributed by atoms with Crippen molar-refractivity contribution in [3.63, 3.8) is 0 Å². The molecule has 1 saturated carbocycles. The fourth-order valence-electron chi connectivity index (χ4n) is 2.60. The van der Waals surface area contributed by atoms with Crippen molar-refractivity contribution in [2.75, 3.05) is 0 Å². The maximum absolute atomic E-state index is 13.4. The highest BCUT2D eigenvalue weighted by Crippen LogP contribution is 2.47. The lowest BCUT2D eigenvalue weighted by molar-refractivity contribution is -0.123. The molecule has 116 valence electrons. The summed E-state index contributed by atoms with van der Waals surface area (Å²) in [6, 6.07) is 10.4. The predicted molar refractivity (Wildman–Crippen MR) is 84.8 cm³/mol. The molecule has 0 radical (unpaired) electrons. The van der Waals surface area contributed by atoms with Crippen LogP contribution in [0, 0.1) is 5.82 Å². The monoisotopic (exact) mass is 319 g/mol. The summed E-state index contributed by atoms with van der Waals surface area (Å²) < 4.78 is 13.4. The summed E-state index contributed by atoms with van der Waals surface area (Å²) in [5.74, 6) is -0.554. The summed E-state index contributed by atoms with van der Waals surface area (Å²) in [4.78, 5) is 12.7. The number of nitrogens with one attached hydrogen (secondary N) is 1. The lowest BCUT2D eigenvalue weighted by Crippen LogP contribution is -2.52. The highest BCUT2D eigenvalue weighted by Gasteiger charge is 2.53. The van der Waals surface area contributed by atoms with Crippen molar-refractivity contribution in [3.05, 3.63) is 58.0 Å². The number of carbonyl (C=O) groups is 1. The average molecular weight is 319 g/mol. The van der Waals surface area contributed by atoms with Gasteiger partial charge in [-0.15, -0.1) is 11.3 Å². The van der Waals surface area contributed by atoms with E-state index in [9.17, 15) is 9.18 Å². The molecule has 3 atom stereocenters. The SMILES string of the molecule is N[C@@H](Cc1sccc1F)C(=O)N[C@]1(N)CC1c1ccccc1. The Balaban J connectivity index is 1.59. The molecular weight excluding hydrogens is 301 g/mol. The van der Waals surface area contributed by atoms with Gasteiger partial charge in [0, 0.05) is 17.2 Å². The van der Waals surface area contributed by atoms with Gasteiger partial charge in [-0.3, -0.25) is 4.79 Å². The molecule has 4 nitrogen and oxygen atoms in total. The Kier molecular flexibility index (Phi) is 3.99. The van der Waals surface area contributed by atoms with Crippen LogP contribution in [0.1, 0.15) is 22.8 Å². The third-order valence-electron chi connectivity index (χ3n) is 3.99. The summed E-state index contributed by atoms with van der Waals surface area (Å²) in [6.07, 6.45) is 0.865.